The van der Waals surface area contributed by atoms with Gasteiger partial charge < -0.3 is 19.7 Å². The average Bonchev–Trinajstić information content (AvgIpc) is 3.37. The van der Waals surface area contributed by atoms with Gasteiger partial charge >= 0.3 is 5.69 Å². The average molecular weight is 697 g/mol. The Hall–Kier alpha value is -5.33. The first-order valence-electron chi connectivity index (χ1n) is 17.2. The van der Waals surface area contributed by atoms with Crippen molar-refractivity contribution in [2.45, 2.75) is 65.5 Å². The van der Waals surface area contributed by atoms with E-state index in [1.165, 1.54) is 27.6 Å². The van der Waals surface area contributed by atoms with E-state index in [2.05, 4.69) is 21.5 Å². The Morgan fingerprint density at radius 1 is 0.961 bits per heavy atom. The molecule has 7 rings (SSSR count). The van der Waals surface area contributed by atoms with Crippen LogP contribution in [0.15, 0.2) is 46.8 Å². The third-order valence-electron chi connectivity index (χ3n) is 10.5. The lowest BCUT2D eigenvalue weighted by Crippen LogP contribution is -2.64. The highest BCUT2D eigenvalue weighted by Gasteiger charge is 2.42. The molecule has 5 heterocycles. The third-order valence-corrected chi connectivity index (χ3v) is 10.5. The normalized spacial score (nSPS) is 17.5. The fourth-order valence-electron chi connectivity index (χ4n) is 8.06. The number of aromatic nitrogens is 5. The summed E-state index contributed by atoms with van der Waals surface area (Å²) in [6.07, 6.45) is 2.75. The molecule has 1 N–H and O–H groups in total. The standard InChI is InChI=1S/C38H42F2N8O3/c1-10-26(49)46-16-22-15-44(8)36-33(47(22)14-21(46)7)23-13-24(39)28(27-20(6)11-12-25-34(27)45(9)38(51)43-25)29(40)32(23)48(37(36)50)35-30(18(2)3)41-17-42-31(35)19(4)5/h10-13,17-19,21-22H,1,14-16H2,2-9H3,(H,43,51). The number of aryl methyl sites for hydroxylation is 2. The van der Waals surface area contributed by atoms with Crippen molar-refractivity contribution in [3.05, 3.63) is 86.6 Å². The number of carbonyl (C=O) groups excluding carboxylic acids is 1. The van der Waals surface area contributed by atoms with Gasteiger partial charge in [-0.05, 0) is 49.5 Å². The van der Waals surface area contributed by atoms with E-state index < -0.39 is 22.9 Å². The second-order valence-corrected chi connectivity index (χ2v) is 14.5. The molecular formula is C38H42F2N8O3. The zero-order valence-corrected chi connectivity index (χ0v) is 30.1. The first-order chi connectivity index (χ1) is 24.2. The van der Waals surface area contributed by atoms with E-state index >= 15 is 13.6 Å². The lowest BCUT2D eigenvalue weighted by molar-refractivity contribution is -0.128. The highest BCUT2D eigenvalue weighted by Crippen LogP contribution is 2.46. The fraction of sp³-hybridized carbons (Fsp3) is 0.395. The van der Waals surface area contributed by atoms with Gasteiger partial charge in [-0.3, -0.25) is 18.7 Å². The maximum atomic E-state index is 18.0. The number of hydrogen-bond acceptors (Lipinski definition) is 7. The molecule has 0 bridgehead atoms. The van der Waals surface area contributed by atoms with Crippen LogP contribution in [0.25, 0.3) is 38.8 Å². The molecule has 2 aromatic carbocycles. The topological polar surface area (TPSA) is 112 Å². The molecule has 2 atom stereocenters. The molecule has 1 fully saturated rings. The second kappa shape index (κ2) is 12.2. The van der Waals surface area contributed by atoms with Gasteiger partial charge in [0.25, 0.3) is 5.56 Å². The molecule has 0 radical (unpaired) electrons. The van der Waals surface area contributed by atoms with E-state index in [4.69, 9.17) is 0 Å². The van der Waals surface area contributed by atoms with Crippen LogP contribution in [0.2, 0.25) is 0 Å². The predicted octanol–water partition coefficient (Wildman–Crippen LogP) is 5.50. The summed E-state index contributed by atoms with van der Waals surface area (Å²) in [6.45, 7) is 16.2. The fourth-order valence-corrected chi connectivity index (χ4v) is 8.06. The summed E-state index contributed by atoms with van der Waals surface area (Å²) in [5.41, 5.74) is 2.31. The number of benzene rings is 2. The summed E-state index contributed by atoms with van der Waals surface area (Å²) in [5.74, 6) is -2.34. The minimum Gasteiger partial charge on any atom is -0.366 e. The van der Waals surface area contributed by atoms with Crippen molar-refractivity contribution in [2.24, 2.45) is 7.05 Å². The summed E-state index contributed by atoms with van der Waals surface area (Å²) in [6, 6.07) is 4.18. The number of rotatable bonds is 5. The number of carbonyl (C=O) groups is 1. The second-order valence-electron chi connectivity index (χ2n) is 14.5. The molecule has 5 aromatic rings. The molecule has 0 saturated carbocycles. The quantitative estimate of drug-likeness (QED) is 0.242. The van der Waals surface area contributed by atoms with Gasteiger partial charge in [0.05, 0.1) is 50.9 Å². The molecule has 0 aliphatic carbocycles. The molecular weight excluding hydrogens is 654 g/mol. The van der Waals surface area contributed by atoms with E-state index in [9.17, 15) is 9.59 Å². The number of nitrogens with one attached hydrogen (secondary N) is 1. The summed E-state index contributed by atoms with van der Waals surface area (Å²) in [7, 11) is 3.34. The molecule has 11 nitrogen and oxygen atoms in total. The molecule has 3 aromatic heterocycles. The Morgan fingerprint density at radius 2 is 1.63 bits per heavy atom. The number of imidazole rings is 1. The number of hydrogen-bond donors (Lipinski definition) is 1. The Labute approximate surface area is 293 Å². The van der Waals surface area contributed by atoms with Gasteiger partial charge in [-0.25, -0.2) is 23.5 Å². The highest BCUT2D eigenvalue weighted by atomic mass is 19.1. The molecule has 2 aliphatic rings. The number of amides is 1. The van der Waals surface area contributed by atoms with Gasteiger partial charge in [-0.2, -0.15) is 0 Å². The highest BCUT2D eigenvalue weighted by molar-refractivity contribution is 6.05. The van der Waals surface area contributed by atoms with E-state index in [1.54, 1.807) is 38.1 Å². The Morgan fingerprint density at radius 3 is 2.25 bits per heavy atom. The SMILES string of the molecule is C=CC(=O)N1CC2CN(C)c3c(c4cc(F)c(-c5c(C)ccc6[nH]c(=O)n(C)c56)c(F)c4n(-c4c(C(C)C)ncnc4C(C)C)c3=O)N2CC1C. The van der Waals surface area contributed by atoms with Crippen LogP contribution >= 0.6 is 0 Å². The van der Waals surface area contributed by atoms with E-state index in [1.807, 2.05) is 44.4 Å². The minimum atomic E-state index is -0.944. The Bertz CT molecular complexity index is 2380. The molecule has 1 amide bonds. The van der Waals surface area contributed by atoms with E-state index in [-0.39, 0.29) is 51.9 Å². The van der Waals surface area contributed by atoms with Crippen molar-refractivity contribution in [1.82, 2.24) is 29.0 Å². The monoisotopic (exact) mass is 696 g/mol. The van der Waals surface area contributed by atoms with Gasteiger partial charge in [-0.15, -0.1) is 0 Å². The first kappa shape index (κ1) is 34.1. The number of piperazine rings is 1. The van der Waals surface area contributed by atoms with Crippen molar-refractivity contribution in [3.63, 3.8) is 0 Å². The van der Waals surface area contributed by atoms with Crippen molar-refractivity contribution in [1.29, 1.82) is 0 Å². The smallest absolute Gasteiger partial charge is 0.326 e. The minimum absolute atomic E-state index is 0.114. The van der Waals surface area contributed by atoms with Crippen LogP contribution in [0.4, 0.5) is 20.2 Å². The third kappa shape index (κ3) is 4.99. The number of pyridine rings is 1. The lowest BCUT2D eigenvalue weighted by Gasteiger charge is -2.51. The number of likely N-dealkylation sites (N-methyl/N-ethyl adjacent to an activating group) is 1. The van der Waals surface area contributed by atoms with E-state index in [0.29, 0.717) is 64.7 Å². The number of H-pyrrole nitrogens is 1. The van der Waals surface area contributed by atoms with Gasteiger partial charge in [0.1, 0.15) is 17.8 Å². The molecule has 13 heteroatoms. The van der Waals surface area contributed by atoms with Crippen molar-refractivity contribution in [3.8, 4) is 16.8 Å². The summed E-state index contributed by atoms with van der Waals surface area (Å²) in [5, 5.41) is 0.205. The number of fused-ring (bicyclic) bond motifs is 6. The molecule has 0 spiro atoms. The van der Waals surface area contributed by atoms with Crippen LogP contribution in [0, 0.1) is 18.6 Å². The zero-order chi connectivity index (χ0) is 36.8. The Balaban J connectivity index is 1.67. The zero-order valence-electron chi connectivity index (χ0n) is 30.1. The van der Waals surface area contributed by atoms with Crippen molar-refractivity contribution in [2.75, 3.05) is 36.5 Å². The summed E-state index contributed by atoms with van der Waals surface area (Å²) >= 11 is 0. The van der Waals surface area contributed by atoms with Crippen LogP contribution < -0.4 is 21.0 Å². The number of nitrogens with zero attached hydrogens (tertiary/aromatic N) is 7. The van der Waals surface area contributed by atoms with Gasteiger partial charge in [0, 0.05) is 50.7 Å². The molecule has 2 unspecified atom stereocenters. The van der Waals surface area contributed by atoms with Crippen LogP contribution in [0.1, 0.15) is 63.4 Å². The maximum Gasteiger partial charge on any atom is 0.326 e. The summed E-state index contributed by atoms with van der Waals surface area (Å²) in [4.78, 5) is 58.4. The Kier molecular flexibility index (Phi) is 8.14. The predicted molar refractivity (Wildman–Crippen MR) is 196 cm³/mol. The molecule has 51 heavy (non-hydrogen) atoms. The van der Waals surface area contributed by atoms with Crippen LogP contribution in [0.3, 0.4) is 0 Å². The molecule has 1 saturated heterocycles. The van der Waals surface area contributed by atoms with Gasteiger partial charge in [0.2, 0.25) is 5.91 Å². The number of anilines is 2. The van der Waals surface area contributed by atoms with Crippen LogP contribution in [-0.4, -0.2) is 73.7 Å². The number of aromatic amines is 1. The van der Waals surface area contributed by atoms with Crippen molar-refractivity contribution >= 4 is 39.2 Å². The van der Waals surface area contributed by atoms with Crippen LogP contribution in [0.5, 0.6) is 0 Å². The first-order valence-corrected chi connectivity index (χ1v) is 17.2. The number of halogens is 2. The van der Waals surface area contributed by atoms with Crippen molar-refractivity contribution < 1.29 is 13.6 Å². The van der Waals surface area contributed by atoms with Crippen LogP contribution in [-0.2, 0) is 11.8 Å². The molecule has 2 aliphatic heterocycles. The maximum absolute atomic E-state index is 18.0. The summed E-state index contributed by atoms with van der Waals surface area (Å²) < 4.78 is 37.7. The van der Waals surface area contributed by atoms with E-state index in [0.717, 1.165) is 0 Å². The van der Waals surface area contributed by atoms with Gasteiger partial charge in [0.15, 0.2) is 5.82 Å². The molecule has 266 valence electrons. The van der Waals surface area contributed by atoms with Gasteiger partial charge in [-0.1, -0.05) is 40.3 Å². The largest absolute Gasteiger partial charge is 0.366 e. The lowest BCUT2D eigenvalue weighted by atomic mass is 9.93.